The molecule has 0 aliphatic heterocycles. The van der Waals surface area contributed by atoms with Gasteiger partial charge in [-0.3, -0.25) is 14.9 Å². The summed E-state index contributed by atoms with van der Waals surface area (Å²) in [5, 5.41) is 30.4. The van der Waals surface area contributed by atoms with Gasteiger partial charge in [-0.05, 0) is 23.1 Å². The maximum absolute atomic E-state index is 12.4. The van der Waals surface area contributed by atoms with Crippen molar-refractivity contribution in [2.75, 3.05) is 6.54 Å². The minimum absolute atomic E-state index is 0.0420. The Bertz CT molecular complexity index is 1050. The first kappa shape index (κ1) is 18.2. The normalized spacial score (nSPS) is 12.3. The molecule has 0 aliphatic rings. The van der Waals surface area contributed by atoms with Crippen molar-refractivity contribution >= 4 is 27.9 Å². The number of nitro benzene ring substituents is 1. The molecule has 0 saturated heterocycles. The van der Waals surface area contributed by atoms with Crippen LogP contribution in [0.1, 0.15) is 11.6 Å². The lowest BCUT2D eigenvalue weighted by molar-refractivity contribution is -0.384. The summed E-state index contributed by atoms with van der Waals surface area (Å²) in [5.41, 5.74) is 5.87. The first-order valence-electron chi connectivity index (χ1n) is 8.10. The summed E-state index contributed by atoms with van der Waals surface area (Å²) >= 11 is 0. The van der Waals surface area contributed by atoms with Crippen molar-refractivity contribution in [2.45, 2.75) is 6.04 Å². The molecule has 0 bridgehead atoms. The van der Waals surface area contributed by atoms with Crippen LogP contribution in [0.25, 0.3) is 10.8 Å². The van der Waals surface area contributed by atoms with E-state index in [0.717, 1.165) is 0 Å². The van der Waals surface area contributed by atoms with Gasteiger partial charge in [0.25, 0.3) is 5.69 Å². The molecule has 1 atom stereocenters. The number of carbonyl (C=O) groups excluding carboxylic acids is 1. The Morgan fingerprint density at radius 3 is 2.44 bits per heavy atom. The molecular weight excluding hydrogens is 348 g/mol. The molecule has 27 heavy (non-hydrogen) atoms. The van der Waals surface area contributed by atoms with Crippen LogP contribution in [-0.4, -0.2) is 22.4 Å². The Kier molecular flexibility index (Phi) is 5.18. The molecule has 0 aromatic heterocycles. The minimum Gasteiger partial charge on any atom is -0.507 e. The van der Waals surface area contributed by atoms with Crippen molar-refractivity contribution in [3.63, 3.8) is 0 Å². The molecule has 1 unspecified atom stereocenters. The van der Waals surface area contributed by atoms with Crippen molar-refractivity contribution < 1.29 is 14.8 Å². The number of hydrogen-bond acceptors (Lipinski definition) is 7. The topological polar surface area (TPSA) is 131 Å². The molecule has 0 radical (unpaired) electrons. The Labute approximate surface area is 154 Å². The molecule has 8 nitrogen and oxygen atoms in total. The predicted molar refractivity (Wildman–Crippen MR) is 100 cm³/mol. The summed E-state index contributed by atoms with van der Waals surface area (Å²) in [4.78, 5) is 23.0. The zero-order chi connectivity index (χ0) is 19.4. The molecule has 3 aromatic carbocycles. The van der Waals surface area contributed by atoms with Gasteiger partial charge in [0.15, 0.2) is 17.5 Å². The van der Waals surface area contributed by atoms with E-state index in [1.165, 1.54) is 24.3 Å². The third-order valence-corrected chi connectivity index (χ3v) is 4.09. The second-order valence-electron chi connectivity index (χ2n) is 5.75. The zero-order valence-electron chi connectivity index (χ0n) is 14.1. The highest BCUT2D eigenvalue weighted by Gasteiger charge is 2.22. The van der Waals surface area contributed by atoms with E-state index in [9.17, 15) is 20.0 Å². The van der Waals surface area contributed by atoms with E-state index < -0.39 is 16.7 Å². The summed E-state index contributed by atoms with van der Waals surface area (Å²) in [6.45, 7) is -0.268. The van der Waals surface area contributed by atoms with Crippen LogP contribution in [0.3, 0.4) is 0 Å². The smallest absolute Gasteiger partial charge is 0.296 e. The van der Waals surface area contributed by atoms with Crippen molar-refractivity contribution in [2.24, 2.45) is 16.0 Å². The van der Waals surface area contributed by atoms with Crippen molar-refractivity contribution in [1.82, 2.24) is 0 Å². The van der Waals surface area contributed by atoms with Gasteiger partial charge in [-0.2, -0.15) is 5.11 Å². The van der Waals surface area contributed by atoms with E-state index in [1.807, 2.05) is 0 Å². The molecule has 3 aromatic rings. The van der Waals surface area contributed by atoms with E-state index in [-0.39, 0.29) is 23.7 Å². The van der Waals surface area contributed by atoms with Crippen LogP contribution in [0.15, 0.2) is 70.9 Å². The number of fused-ring (bicyclic) bond motifs is 1. The zero-order valence-corrected chi connectivity index (χ0v) is 14.1. The van der Waals surface area contributed by atoms with E-state index in [1.54, 1.807) is 36.4 Å². The number of hydrogen-bond donors (Lipinski definition) is 2. The minimum atomic E-state index is -1.04. The number of phenols is 1. The van der Waals surface area contributed by atoms with Crippen LogP contribution in [-0.2, 0) is 4.79 Å². The van der Waals surface area contributed by atoms with Crippen molar-refractivity contribution in [1.29, 1.82) is 0 Å². The third kappa shape index (κ3) is 3.65. The SMILES string of the molecule is NCC(=O)C(N=Nc1ccccc1[N+](=O)[O-])c1ccc(O)c2ccccc12. The molecule has 3 N–H and O–H groups in total. The second kappa shape index (κ2) is 7.71. The monoisotopic (exact) mass is 364 g/mol. The number of benzene rings is 3. The molecule has 8 heteroatoms. The Balaban J connectivity index is 2.11. The van der Waals surface area contributed by atoms with E-state index in [0.29, 0.717) is 16.3 Å². The van der Waals surface area contributed by atoms with Gasteiger partial charge in [-0.15, -0.1) is 5.11 Å². The maximum Gasteiger partial charge on any atom is 0.296 e. The number of azo groups is 1. The standard InChI is InChI=1S/C19H16N4O4/c20-11-18(25)19(22-21-15-7-3-4-8-16(15)23(26)27)14-9-10-17(24)13-6-2-1-5-12(13)14/h1-10,19,24H,11,20H2. The molecule has 3 rings (SSSR count). The predicted octanol–water partition coefficient (Wildman–Crippen LogP) is 3.81. The average molecular weight is 364 g/mol. The number of rotatable bonds is 6. The Morgan fingerprint density at radius 2 is 1.74 bits per heavy atom. The summed E-state index contributed by atoms with van der Waals surface area (Å²) in [7, 11) is 0. The van der Waals surface area contributed by atoms with Gasteiger partial charge < -0.3 is 10.8 Å². The highest BCUT2D eigenvalue weighted by atomic mass is 16.6. The van der Waals surface area contributed by atoms with Gasteiger partial charge >= 0.3 is 0 Å². The Hall–Kier alpha value is -3.65. The maximum atomic E-state index is 12.4. The number of para-hydroxylation sites is 1. The van der Waals surface area contributed by atoms with E-state index in [4.69, 9.17) is 5.73 Å². The summed E-state index contributed by atoms with van der Waals surface area (Å²) < 4.78 is 0. The third-order valence-electron chi connectivity index (χ3n) is 4.09. The number of carbonyl (C=O) groups is 1. The number of aromatic hydroxyl groups is 1. The van der Waals surface area contributed by atoms with Gasteiger partial charge in [0.2, 0.25) is 0 Å². The highest BCUT2D eigenvalue weighted by molar-refractivity contribution is 5.96. The fraction of sp³-hybridized carbons (Fsp3) is 0.105. The van der Waals surface area contributed by atoms with Gasteiger partial charge in [-0.25, -0.2) is 0 Å². The largest absolute Gasteiger partial charge is 0.507 e. The number of Topliss-reactive ketones (excluding diaryl/α,β-unsaturated/α-hetero) is 1. The fourth-order valence-corrected chi connectivity index (χ4v) is 2.78. The lowest BCUT2D eigenvalue weighted by Crippen LogP contribution is -2.20. The summed E-state index contributed by atoms with van der Waals surface area (Å²) in [6, 6.07) is 14.9. The second-order valence-corrected chi connectivity index (χ2v) is 5.75. The van der Waals surface area contributed by atoms with Gasteiger partial charge in [0.05, 0.1) is 11.5 Å². The van der Waals surface area contributed by atoms with Gasteiger partial charge in [0, 0.05) is 11.5 Å². The Morgan fingerprint density at radius 1 is 1.07 bits per heavy atom. The van der Waals surface area contributed by atoms with E-state index in [2.05, 4.69) is 10.2 Å². The molecular formula is C19H16N4O4. The number of ketones is 1. The number of nitro groups is 1. The highest BCUT2D eigenvalue weighted by Crippen LogP contribution is 2.34. The number of nitrogens with zero attached hydrogens (tertiary/aromatic N) is 3. The van der Waals surface area contributed by atoms with Crippen molar-refractivity contribution in [3.8, 4) is 5.75 Å². The number of phenolic OH excluding ortho intramolecular Hbond substituents is 1. The van der Waals surface area contributed by atoms with Crippen molar-refractivity contribution in [3.05, 3.63) is 76.3 Å². The molecule has 0 saturated carbocycles. The average Bonchev–Trinajstić information content (AvgIpc) is 2.69. The van der Waals surface area contributed by atoms with Crippen LogP contribution in [0.5, 0.6) is 5.75 Å². The van der Waals surface area contributed by atoms with E-state index >= 15 is 0 Å². The van der Waals surface area contributed by atoms with Crippen LogP contribution in [0.2, 0.25) is 0 Å². The summed E-state index contributed by atoms with van der Waals surface area (Å²) in [5.74, 6) is -0.322. The molecule has 136 valence electrons. The van der Waals surface area contributed by atoms with Crippen LogP contribution < -0.4 is 5.73 Å². The molecule has 0 amide bonds. The molecule has 0 spiro atoms. The molecule has 0 aliphatic carbocycles. The molecule has 0 heterocycles. The fourth-order valence-electron chi connectivity index (χ4n) is 2.78. The molecule has 0 fully saturated rings. The van der Waals surface area contributed by atoms with Crippen LogP contribution in [0, 0.1) is 10.1 Å². The summed E-state index contributed by atoms with van der Waals surface area (Å²) in [6.07, 6.45) is 0. The lowest BCUT2D eigenvalue weighted by Gasteiger charge is -2.13. The van der Waals surface area contributed by atoms with Gasteiger partial charge in [0.1, 0.15) is 5.75 Å². The van der Waals surface area contributed by atoms with Crippen LogP contribution >= 0.6 is 0 Å². The number of nitrogens with two attached hydrogens (primary N) is 1. The quantitative estimate of drug-likeness (QED) is 0.390. The first-order chi connectivity index (χ1) is 13.0. The first-order valence-corrected chi connectivity index (χ1v) is 8.10. The van der Waals surface area contributed by atoms with Crippen LogP contribution in [0.4, 0.5) is 11.4 Å². The van der Waals surface area contributed by atoms with Gasteiger partial charge in [-0.1, -0.05) is 42.5 Å². The lowest BCUT2D eigenvalue weighted by atomic mass is 9.96.